The maximum Gasteiger partial charge on any atom is 0.145 e. The molecule has 19 heavy (non-hydrogen) atoms. The van der Waals surface area contributed by atoms with E-state index in [0.29, 0.717) is 52.8 Å². The Balaban J connectivity index is 3.13. The summed E-state index contributed by atoms with van der Waals surface area (Å²) >= 11 is 0. The van der Waals surface area contributed by atoms with Crippen molar-refractivity contribution in [3.05, 3.63) is 12.3 Å². The molecule has 0 radical (unpaired) electrons. The van der Waals surface area contributed by atoms with Crippen LogP contribution in [0.25, 0.3) is 0 Å². The number of aldehydes is 1. The summed E-state index contributed by atoms with van der Waals surface area (Å²) < 4.78 is 20.7. The number of hydrogen-bond donors (Lipinski definition) is 1. The number of nitrogens with one attached hydrogen (secondary N) is 1. The molecule has 0 unspecified atom stereocenters. The van der Waals surface area contributed by atoms with Crippen LogP contribution in [0.15, 0.2) is 12.3 Å². The van der Waals surface area contributed by atoms with Crippen LogP contribution in [0.1, 0.15) is 6.92 Å². The first-order chi connectivity index (χ1) is 9.31. The van der Waals surface area contributed by atoms with E-state index < -0.39 is 0 Å². The Labute approximate surface area is 115 Å². The van der Waals surface area contributed by atoms with E-state index in [1.165, 1.54) is 0 Å². The Morgan fingerprint density at radius 2 is 1.74 bits per heavy atom. The van der Waals surface area contributed by atoms with Gasteiger partial charge in [0.1, 0.15) is 12.9 Å². The van der Waals surface area contributed by atoms with Crippen molar-refractivity contribution in [1.29, 1.82) is 0 Å². The van der Waals surface area contributed by atoms with Crippen molar-refractivity contribution in [3.8, 4) is 0 Å². The highest BCUT2D eigenvalue weighted by Crippen LogP contribution is 1.87. The lowest BCUT2D eigenvalue weighted by Gasteiger charge is -2.10. The number of carbonyl (C=O) groups excluding carboxylic acids is 1. The molecule has 112 valence electrons. The van der Waals surface area contributed by atoms with Gasteiger partial charge in [0.15, 0.2) is 0 Å². The van der Waals surface area contributed by atoms with Gasteiger partial charge in [0, 0.05) is 18.8 Å². The van der Waals surface area contributed by atoms with Gasteiger partial charge in [0.05, 0.1) is 39.6 Å². The van der Waals surface area contributed by atoms with Gasteiger partial charge >= 0.3 is 0 Å². The molecule has 0 saturated heterocycles. The quantitative estimate of drug-likeness (QED) is 0.344. The summed E-state index contributed by atoms with van der Waals surface area (Å²) in [5.41, 5.74) is 0.817. The van der Waals surface area contributed by atoms with Crippen LogP contribution in [-0.2, 0) is 23.7 Å². The molecule has 0 aliphatic heterocycles. The van der Waals surface area contributed by atoms with Crippen LogP contribution in [0, 0.1) is 0 Å². The van der Waals surface area contributed by atoms with Gasteiger partial charge in [0.25, 0.3) is 0 Å². The zero-order valence-electron chi connectivity index (χ0n) is 11.7. The van der Waals surface area contributed by atoms with Crippen LogP contribution in [0.2, 0.25) is 0 Å². The van der Waals surface area contributed by atoms with E-state index >= 15 is 0 Å². The minimum absolute atomic E-state index is 0.123. The Bertz CT molecular complexity index is 223. The van der Waals surface area contributed by atoms with E-state index in [9.17, 15) is 4.79 Å². The summed E-state index contributed by atoms with van der Waals surface area (Å²) in [4.78, 5) is 9.95. The lowest BCUT2D eigenvalue weighted by Crippen LogP contribution is -2.22. The average molecular weight is 275 g/mol. The summed E-state index contributed by atoms with van der Waals surface area (Å²) in [6.07, 6.45) is 0.719. The van der Waals surface area contributed by atoms with Crippen molar-refractivity contribution in [2.24, 2.45) is 0 Å². The van der Waals surface area contributed by atoms with Gasteiger partial charge in [-0.25, -0.2) is 0 Å². The van der Waals surface area contributed by atoms with Crippen LogP contribution in [0.3, 0.4) is 0 Å². The normalized spacial score (nSPS) is 10.4. The smallest absolute Gasteiger partial charge is 0.145 e. The van der Waals surface area contributed by atoms with E-state index in [1.807, 2.05) is 6.92 Å². The summed E-state index contributed by atoms with van der Waals surface area (Å²) in [7, 11) is 0. The highest BCUT2D eigenvalue weighted by atomic mass is 16.5. The zero-order valence-corrected chi connectivity index (χ0v) is 11.7. The van der Waals surface area contributed by atoms with Crippen molar-refractivity contribution < 1.29 is 23.7 Å². The SMILES string of the molecule is C=C(COCCOCC)NCCOCCOCC=O. The number of hydrogen-bond acceptors (Lipinski definition) is 6. The van der Waals surface area contributed by atoms with Crippen LogP contribution in [0.4, 0.5) is 0 Å². The van der Waals surface area contributed by atoms with E-state index in [2.05, 4.69) is 11.9 Å². The maximum absolute atomic E-state index is 9.95. The predicted octanol–water partition coefficient (Wildman–Crippen LogP) is 0.375. The van der Waals surface area contributed by atoms with Crippen molar-refractivity contribution in [3.63, 3.8) is 0 Å². The zero-order chi connectivity index (χ0) is 14.2. The number of carbonyl (C=O) groups is 1. The van der Waals surface area contributed by atoms with E-state index in [4.69, 9.17) is 18.9 Å². The Morgan fingerprint density at radius 3 is 2.47 bits per heavy atom. The maximum atomic E-state index is 9.95. The molecule has 0 aromatic heterocycles. The van der Waals surface area contributed by atoms with E-state index in [0.717, 1.165) is 12.0 Å². The van der Waals surface area contributed by atoms with Gasteiger partial charge in [0.2, 0.25) is 0 Å². The third-order valence-electron chi connectivity index (χ3n) is 2.03. The Morgan fingerprint density at radius 1 is 1.05 bits per heavy atom. The molecule has 0 heterocycles. The molecular formula is C13H25NO5. The molecule has 0 aliphatic carbocycles. The Hall–Kier alpha value is -0.950. The monoisotopic (exact) mass is 275 g/mol. The van der Waals surface area contributed by atoms with Crippen LogP contribution in [-0.4, -0.2) is 65.7 Å². The molecule has 0 rings (SSSR count). The second-order valence-corrected chi connectivity index (χ2v) is 3.63. The van der Waals surface area contributed by atoms with Crippen molar-refractivity contribution in [2.45, 2.75) is 6.92 Å². The van der Waals surface area contributed by atoms with E-state index in [-0.39, 0.29) is 6.61 Å². The third-order valence-corrected chi connectivity index (χ3v) is 2.03. The molecule has 0 aliphatic rings. The fourth-order valence-corrected chi connectivity index (χ4v) is 1.16. The van der Waals surface area contributed by atoms with Gasteiger partial charge in [-0.2, -0.15) is 0 Å². The molecule has 0 atom stereocenters. The first kappa shape index (κ1) is 18.0. The second-order valence-electron chi connectivity index (χ2n) is 3.63. The molecule has 6 nitrogen and oxygen atoms in total. The molecule has 0 aromatic carbocycles. The van der Waals surface area contributed by atoms with Gasteiger partial charge in [-0.15, -0.1) is 0 Å². The molecule has 1 N–H and O–H groups in total. The van der Waals surface area contributed by atoms with Gasteiger partial charge in [-0.05, 0) is 6.92 Å². The first-order valence-electron chi connectivity index (χ1n) is 6.47. The molecule has 0 fully saturated rings. The summed E-state index contributed by atoms with van der Waals surface area (Å²) in [5, 5.41) is 3.09. The molecule has 6 heteroatoms. The standard InChI is InChI=1S/C13H25NO5/c1-3-16-8-11-19-12-13(2)14-4-6-17-9-10-18-7-5-15/h5,14H,2-4,6-12H2,1H3. The molecule has 0 spiro atoms. The van der Waals surface area contributed by atoms with Gasteiger partial charge in [-0.1, -0.05) is 6.58 Å². The van der Waals surface area contributed by atoms with Crippen LogP contribution in [0.5, 0.6) is 0 Å². The van der Waals surface area contributed by atoms with Gasteiger partial charge in [-0.3, -0.25) is 0 Å². The summed E-state index contributed by atoms with van der Waals surface area (Å²) in [6, 6.07) is 0. The molecule has 0 aromatic rings. The minimum Gasteiger partial charge on any atom is -0.385 e. The molecular weight excluding hydrogens is 250 g/mol. The molecule has 0 amide bonds. The average Bonchev–Trinajstić information content (AvgIpc) is 2.41. The van der Waals surface area contributed by atoms with E-state index in [1.54, 1.807) is 0 Å². The lowest BCUT2D eigenvalue weighted by molar-refractivity contribution is -0.112. The summed E-state index contributed by atoms with van der Waals surface area (Å²) in [6.45, 7) is 10.4. The van der Waals surface area contributed by atoms with Crippen molar-refractivity contribution >= 4 is 6.29 Å². The predicted molar refractivity (Wildman–Crippen MR) is 72.2 cm³/mol. The van der Waals surface area contributed by atoms with Gasteiger partial charge < -0.3 is 29.1 Å². The van der Waals surface area contributed by atoms with Crippen molar-refractivity contribution in [1.82, 2.24) is 5.32 Å². The van der Waals surface area contributed by atoms with Crippen LogP contribution < -0.4 is 5.32 Å². The minimum atomic E-state index is 0.123. The largest absolute Gasteiger partial charge is 0.385 e. The molecule has 0 bridgehead atoms. The third kappa shape index (κ3) is 15.0. The number of ether oxygens (including phenoxy) is 4. The summed E-state index contributed by atoms with van der Waals surface area (Å²) in [5.74, 6) is 0. The highest BCUT2D eigenvalue weighted by molar-refractivity contribution is 5.50. The topological polar surface area (TPSA) is 66.0 Å². The van der Waals surface area contributed by atoms with Crippen molar-refractivity contribution in [2.75, 3.05) is 59.4 Å². The van der Waals surface area contributed by atoms with Crippen LogP contribution >= 0.6 is 0 Å². The lowest BCUT2D eigenvalue weighted by atomic mass is 10.5. The molecule has 0 saturated carbocycles. The fraction of sp³-hybridized carbons (Fsp3) is 0.769. The first-order valence-corrected chi connectivity index (χ1v) is 6.47. The number of rotatable bonds is 15. The Kier molecular flexibility index (Phi) is 14.4. The highest BCUT2D eigenvalue weighted by Gasteiger charge is 1.95. The second kappa shape index (κ2) is 15.1. The fourth-order valence-electron chi connectivity index (χ4n) is 1.16.